The minimum atomic E-state index is -0.245. The van der Waals surface area contributed by atoms with Crippen LogP contribution < -0.4 is 10.2 Å². The average Bonchev–Trinajstić information content (AvgIpc) is 2.81. The van der Waals surface area contributed by atoms with Crippen molar-refractivity contribution >= 4 is 47.3 Å². The molecule has 1 aromatic carbocycles. The molecule has 0 bridgehead atoms. The van der Waals surface area contributed by atoms with Gasteiger partial charge in [-0.25, -0.2) is 4.98 Å². The molecule has 1 saturated heterocycles. The lowest BCUT2D eigenvalue weighted by molar-refractivity contribution is -0.120. The number of carbonyl (C=O) groups is 1. The number of hydrogen-bond donors (Lipinski definition) is 1. The Morgan fingerprint density at radius 3 is 2.56 bits per heavy atom. The molecule has 1 unspecified atom stereocenters. The van der Waals surface area contributed by atoms with Crippen molar-refractivity contribution in [1.82, 2.24) is 15.3 Å². The number of benzene rings is 1. The second-order valence-electron chi connectivity index (χ2n) is 7.86. The van der Waals surface area contributed by atoms with E-state index in [1.54, 1.807) is 23.5 Å². The third-order valence-corrected chi connectivity index (χ3v) is 6.63. The molecule has 5 nitrogen and oxygen atoms in total. The minimum Gasteiger partial charge on any atom is -0.313 e. The van der Waals surface area contributed by atoms with Crippen LogP contribution in [0.4, 0.5) is 5.82 Å². The molecule has 4 rings (SSSR count). The Morgan fingerprint density at radius 2 is 1.84 bits per heavy atom. The highest BCUT2D eigenvalue weighted by molar-refractivity contribution is 6.42. The van der Waals surface area contributed by atoms with Gasteiger partial charge in [0.2, 0.25) is 5.91 Å². The van der Waals surface area contributed by atoms with E-state index in [9.17, 15) is 4.79 Å². The highest BCUT2D eigenvalue weighted by Gasteiger charge is 2.41. The first kappa shape index (κ1) is 24.5. The summed E-state index contributed by atoms with van der Waals surface area (Å²) in [5.74, 6) is 0.778. The van der Waals surface area contributed by atoms with Crippen molar-refractivity contribution in [2.45, 2.75) is 31.2 Å². The number of halogens is 3. The maximum absolute atomic E-state index is 12.8. The van der Waals surface area contributed by atoms with Gasteiger partial charge in [-0.2, -0.15) is 0 Å². The summed E-state index contributed by atoms with van der Waals surface area (Å²) in [4.78, 5) is 23.0. The second kappa shape index (κ2) is 11.1. The Labute approximate surface area is 204 Å². The summed E-state index contributed by atoms with van der Waals surface area (Å²) >= 11 is 12.6. The summed E-state index contributed by atoms with van der Waals surface area (Å²) in [6.07, 6.45) is 7.38. The molecule has 1 atom stereocenters. The number of pyridine rings is 2. The topological polar surface area (TPSA) is 58.1 Å². The van der Waals surface area contributed by atoms with Gasteiger partial charge < -0.3 is 5.32 Å². The Morgan fingerprint density at radius 1 is 1.03 bits per heavy atom. The summed E-state index contributed by atoms with van der Waals surface area (Å²) in [6, 6.07) is 15.5. The van der Waals surface area contributed by atoms with Gasteiger partial charge in [-0.05, 0) is 66.9 Å². The zero-order valence-corrected chi connectivity index (χ0v) is 19.8. The predicted octanol–water partition coefficient (Wildman–Crippen LogP) is 5.45. The third kappa shape index (κ3) is 5.59. The second-order valence-corrected chi connectivity index (χ2v) is 8.67. The van der Waals surface area contributed by atoms with Gasteiger partial charge in [0.05, 0.1) is 10.0 Å². The van der Waals surface area contributed by atoms with Crippen molar-refractivity contribution < 1.29 is 4.79 Å². The van der Waals surface area contributed by atoms with Crippen LogP contribution in [-0.2, 0) is 16.8 Å². The standard InChI is InChI=1S/C24H24Cl2N4O.ClH/c25-20-5-4-19(15-21(20)26)24(10-14-28-16-18-7-12-27-13-8-18)9-6-23(31)30(17-24)22-3-1-2-11-29-22;/h1-5,7-8,11-13,15,28H,6,9-10,14,16-17H2;1H. The Hall–Kier alpha value is -2.18. The van der Waals surface area contributed by atoms with Gasteiger partial charge >= 0.3 is 0 Å². The molecule has 1 aliphatic rings. The maximum atomic E-state index is 12.8. The van der Waals surface area contributed by atoms with E-state index in [2.05, 4.69) is 15.3 Å². The monoisotopic (exact) mass is 490 g/mol. The summed E-state index contributed by atoms with van der Waals surface area (Å²) in [6.45, 7) is 2.12. The summed E-state index contributed by atoms with van der Waals surface area (Å²) in [5.41, 5.74) is 2.04. The number of anilines is 1. The van der Waals surface area contributed by atoms with Crippen LogP contribution in [-0.4, -0.2) is 29.0 Å². The van der Waals surface area contributed by atoms with E-state index < -0.39 is 0 Å². The van der Waals surface area contributed by atoms with E-state index in [0.717, 1.165) is 31.5 Å². The van der Waals surface area contributed by atoms with E-state index in [0.29, 0.717) is 28.8 Å². The minimum absolute atomic E-state index is 0. The largest absolute Gasteiger partial charge is 0.313 e. The van der Waals surface area contributed by atoms with Crippen LogP contribution in [0, 0.1) is 0 Å². The number of amides is 1. The summed E-state index contributed by atoms with van der Waals surface area (Å²) < 4.78 is 0. The van der Waals surface area contributed by atoms with Crippen molar-refractivity contribution in [3.8, 4) is 0 Å². The highest BCUT2D eigenvalue weighted by atomic mass is 35.5. The van der Waals surface area contributed by atoms with Gasteiger partial charge in [0.25, 0.3) is 0 Å². The summed E-state index contributed by atoms with van der Waals surface area (Å²) in [5, 5.41) is 4.59. The molecule has 1 aliphatic heterocycles. The number of aromatic nitrogens is 2. The van der Waals surface area contributed by atoms with Crippen molar-refractivity contribution in [2.75, 3.05) is 18.0 Å². The molecule has 3 aromatic rings. The van der Waals surface area contributed by atoms with Crippen LogP contribution in [0.5, 0.6) is 0 Å². The van der Waals surface area contributed by atoms with Gasteiger partial charge in [-0.1, -0.05) is 35.3 Å². The van der Waals surface area contributed by atoms with Crippen LogP contribution in [0.3, 0.4) is 0 Å². The van der Waals surface area contributed by atoms with Crippen LogP contribution in [0.2, 0.25) is 10.0 Å². The van der Waals surface area contributed by atoms with E-state index in [1.807, 2.05) is 48.5 Å². The molecule has 2 aromatic heterocycles. The smallest absolute Gasteiger partial charge is 0.228 e. The van der Waals surface area contributed by atoms with Gasteiger partial charge in [0.1, 0.15) is 5.82 Å². The van der Waals surface area contributed by atoms with E-state index in [1.165, 1.54) is 5.56 Å². The number of nitrogens with one attached hydrogen (secondary N) is 1. The van der Waals surface area contributed by atoms with Crippen molar-refractivity contribution in [2.24, 2.45) is 0 Å². The van der Waals surface area contributed by atoms with Gasteiger partial charge in [-0.15, -0.1) is 12.4 Å². The lowest BCUT2D eigenvalue weighted by Gasteiger charge is -2.43. The molecule has 0 radical (unpaired) electrons. The van der Waals surface area contributed by atoms with E-state index >= 15 is 0 Å². The zero-order valence-electron chi connectivity index (χ0n) is 17.5. The van der Waals surface area contributed by atoms with Crippen molar-refractivity contribution in [1.29, 1.82) is 0 Å². The Kier molecular flexibility index (Phi) is 8.49. The highest BCUT2D eigenvalue weighted by Crippen LogP contribution is 2.40. The number of carbonyl (C=O) groups excluding carboxylic acids is 1. The first-order valence-electron chi connectivity index (χ1n) is 10.3. The predicted molar refractivity (Wildman–Crippen MR) is 132 cm³/mol. The van der Waals surface area contributed by atoms with Crippen LogP contribution in [0.15, 0.2) is 67.1 Å². The van der Waals surface area contributed by atoms with Gasteiger partial charge in [0, 0.05) is 43.5 Å². The molecule has 0 aliphatic carbocycles. The number of rotatable bonds is 7. The van der Waals surface area contributed by atoms with E-state index in [4.69, 9.17) is 23.2 Å². The van der Waals surface area contributed by atoms with Gasteiger partial charge in [-0.3, -0.25) is 14.7 Å². The molecular weight excluding hydrogens is 467 g/mol. The quantitative estimate of drug-likeness (QED) is 0.447. The molecule has 3 heterocycles. The van der Waals surface area contributed by atoms with E-state index in [-0.39, 0.29) is 23.7 Å². The van der Waals surface area contributed by atoms with Crippen LogP contribution in [0.25, 0.3) is 0 Å². The SMILES string of the molecule is Cl.O=C1CCC(CCNCc2ccncc2)(c2ccc(Cl)c(Cl)c2)CN1c1ccccn1. The van der Waals surface area contributed by atoms with Gasteiger partial charge in [0.15, 0.2) is 0 Å². The third-order valence-electron chi connectivity index (χ3n) is 5.90. The molecule has 1 fully saturated rings. The average molecular weight is 492 g/mol. The molecule has 32 heavy (non-hydrogen) atoms. The normalized spacial score (nSPS) is 18.3. The van der Waals surface area contributed by atoms with Crippen LogP contribution in [0.1, 0.15) is 30.4 Å². The first-order valence-corrected chi connectivity index (χ1v) is 11.1. The fourth-order valence-electron chi connectivity index (χ4n) is 4.14. The van der Waals surface area contributed by atoms with Crippen LogP contribution >= 0.6 is 35.6 Å². The molecule has 1 N–H and O–H groups in total. The fraction of sp³-hybridized carbons (Fsp3) is 0.292. The Balaban J connectivity index is 0.00000289. The number of hydrogen-bond acceptors (Lipinski definition) is 4. The maximum Gasteiger partial charge on any atom is 0.228 e. The molecule has 8 heteroatoms. The lowest BCUT2D eigenvalue weighted by atomic mass is 9.71. The number of piperidine rings is 1. The molecule has 0 spiro atoms. The Bertz CT molecular complexity index is 1040. The first-order chi connectivity index (χ1) is 15.1. The molecule has 1 amide bonds. The molecule has 168 valence electrons. The fourth-order valence-corrected chi connectivity index (χ4v) is 4.44. The van der Waals surface area contributed by atoms with Crippen molar-refractivity contribution in [3.05, 3.63) is 88.3 Å². The molecular formula is C24H25Cl3N4O. The molecule has 0 saturated carbocycles. The number of nitrogens with zero attached hydrogens (tertiary/aromatic N) is 3. The lowest BCUT2D eigenvalue weighted by Crippen LogP contribution is -2.50. The summed E-state index contributed by atoms with van der Waals surface area (Å²) in [7, 11) is 0. The zero-order chi connectivity index (χ0) is 21.7. The van der Waals surface area contributed by atoms with Crippen molar-refractivity contribution in [3.63, 3.8) is 0 Å².